The Morgan fingerprint density at radius 2 is 1.82 bits per heavy atom. The van der Waals surface area contributed by atoms with Crippen LogP contribution in [-0.4, -0.2) is 34.4 Å². The van der Waals surface area contributed by atoms with Crippen molar-refractivity contribution in [3.05, 3.63) is 113 Å². The second-order valence-electron chi connectivity index (χ2n) is 9.27. The monoisotopic (exact) mass is 523 g/mol. The number of aromatic nitrogens is 2. The summed E-state index contributed by atoms with van der Waals surface area (Å²) in [5, 5.41) is 4.25. The summed E-state index contributed by atoms with van der Waals surface area (Å²) in [5.74, 6) is -0.0660. The maximum absolute atomic E-state index is 14.2. The average Bonchev–Trinajstić information content (AvgIpc) is 3.58. The molecule has 1 unspecified atom stereocenters. The summed E-state index contributed by atoms with van der Waals surface area (Å²) in [6.07, 6.45) is 8.39. The fourth-order valence-corrected chi connectivity index (χ4v) is 4.40. The van der Waals surface area contributed by atoms with Gasteiger partial charge in [0.05, 0.1) is 11.3 Å². The first kappa shape index (κ1) is 24.5. The molecule has 2 aliphatic rings. The number of rotatable bonds is 7. The lowest BCUT2D eigenvalue weighted by Gasteiger charge is -2.12. The van der Waals surface area contributed by atoms with Crippen molar-refractivity contribution in [2.75, 3.05) is 6.54 Å². The second kappa shape index (κ2) is 10.9. The van der Waals surface area contributed by atoms with Crippen molar-refractivity contribution in [2.24, 2.45) is 20.9 Å². The zero-order chi connectivity index (χ0) is 26.6. The van der Waals surface area contributed by atoms with Crippen molar-refractivity contribution in [1.29, 1.82) is 0 Å². The Morgan fingerprint density at radius 1 is 0.974 bits per heavy atom. The number of benzene rings is 2. The molecular weight excluding hydrogens is 500 g/mol. The summed E-state index contributed by atoms with van der Waals surface area (Å²) >= 11 is 0. The largest absolute Gasteiger partial charge is 0.489 e. The molecule has 39 heavy (non-hydrogen) atoms. The molecule has 0 saturated carbocycles. The first-order valence-electron chi connectivity index (χ1n) is 12.5. The predicted octanol–water partition coefficient (Wildman–Crippen LogP) is 6.01. The van der Waals surface area contributed by atoms with Crippen molar-refractivity contribution in [3.8, 4) is 17.0 Å². The van der Waals surface area contributed by atoms with Gasteiger partial charge < -0.3 is 9.26 Å². The predicted molar refractivity (Wildman–Crippen MR) is 144 cm³/mol. The third kappa shape index (κ3) is 5.57. The van der Waals surface area contributed by atoms with Crippen LogP contribution in [0.5, 0.6) is 5.75 Å². The Morgan fingerprint density at radius 3 is 2.67 bits per heavy atom. The van der Waals surface area contributed by atoms with E-state index in [1.54, 1.807) is 18.6 Å². The van der Waals surface area contributed by atoms with Crippen LogP contribution in [0.25, 0.3) is 11.3 Å². The standard InChI is InChI=1S/C30H23F2N5O2/c31-25-3-1-2-24(29(25)32)30-35-26-9-4-20(16-34-17-28(26)36-30)14-23-15-27(37-39-23)21-5-7-22(8-6-21)38-18-19-10-12-33-13-11-19/h1-3,5-13,15,17,20H,4,14,16,18H2. The smallest absolute Gasteiger partial charge is 0.169 e. The number of pyridine rings is 1. The summed E-state index contributed by atoms with van der Waals surface area (Å²) in [6.45, 7) is 1.03. The quantitative estimate of drug-likeness (QED) is 0.297. The average molecular weight is 524 g/mol. The number of nitrogens with zero attached hydrogens (tertiary/aromatic N) is 5. The van der Waals surface area contributed by atoms with Gasteiger partial charge in [0, 0.05) is 43.2 Å². The van der Waals surface area contributed by atoms with Gasteiger partial charge >= 0.3 is 0 Å². The van der Waals surface area contributed by atoms with E-state index in [9.17, 15) is 8.78 Å². The van der Waals surface area contributed by atoms with Crippen molar-refractivity contribution < 1.29 is 18.0 Å². The molecule has 9 heteroatoms. The highest BCUT2D eigenvalue weighted by molar-refractivity contribution is 6.42. The van der Waals surface area contributed by atoms with Gasteiger partial charge in [0.1, 0.15) is 29.5 Å². The van der Waals surface area contributed by atoms with E-state index in [-0.39, 0.29) is 17.3 Å². The fourth-order valence-electron chi connectivity index (χ4n) is 4.40. The van der Waals surface area contributed by atoms with Gasteiger partial charge in [-0.1, -0.05) is 17.3 Å². The minimum Gasteiger partial charge on any atom is -0.489 e. The van der Waals surface area contributed by atoms with Gasteiger partial charge in [-0.05, 0) is 66.4 Å². The molecule has 0 radical (unpaired) electrons. The molecule has 4 heterocycles. The van der Waals surface area contributed by atoms with Crippen LogP contribution < -0.4 is 4.74 Å². The molecule has 1 atom stereocenters. The van der Waals surface area contributed by atoms with Gasteiger partial charge in [-0.25, -0.2) is 18.8 Å². The van der Waals surface area contributed by atoms with Crippen LogP contribution in [0.4, 0.5) is 8.78 Å². The van der Waals surface area contributed by atoms with Crippen LogP contribution in [0, 0.1) is 17.6 Å². The Balaban J connectivity index is 1.09. The lowest BCUT2D eigenvalue weighted by Crippen LogP contribution is -2.12. The van der Waals surface area contributed by atoms with E-state index in [1.165, 1.54) is 12.1 Å². The van der Waals surface area contributed by atoms with Crippen LogP contribution in [0.15, 0.2) is 104 Å². The number of hydrogen-bond acceptors (Lipinski definition) is 7. The highest BCUT2D eigenvalue weighted by Gasteiger charge is 2.23. The number of halogens is 2. The molecule has 0 amide bonds. The summed E-state index contributed by atoms with van der Waals surface area (Å²) in [6, 6.07) is 17.5. The molecule has 0 spiro atoms. The number of allylic oxidation sites excluding steroid dienone is 2. The Kier molecular flexibility index (Phi) is 6.86. The zero-order valence-electron chi connectivity index (χ0n) is 20.8. The van der Waals surface area contributed by atoms with Gasteiger partial charge in [0.2, 0.25) is 0 Å². The SMILES string of the molecule is Fc1cccc(C2=NC3=CCC(Cc4cc(-c5ccc(OCc6ccncc6)cc5)no4)CN=CC3=N2)c1F. The third-order valence-electron chi connectivity index (χ3n) is 6.48. The number of aliphatic imine (C=N–C) groups is 3. The molecule has 0 aliphatic carbocycles. The molecule has 6 rings (SSSR count). The van der Waals surface area contributed by atoms with Gasteiger partial charge in [-0.15, -0.1) is 0 Å². The first-order chi connectivity index (χ1) is 19.1. The highest BCUT2D eigenvalue weighted by Crippen LogP contribution is 2.26. The van der Waals surface area contributed by atoms with Crippen LogP contribution in [0.1, 0.15) is 23.3 Å². The zero-order valence-corrected chi connectivity index (χ0v) is 20.8. The number of ether oxygens (including phenoxy) is 1. The lowest BCUT2D eigenvalue weighted by molar-refractivity contribution is 0.306. The minimum atomic E-state index is -0.960. The van der Waals surface area contributed by atoms with Crippen LogP contribution >= 0.6 is 0 Å². The maximum atomic E-state index is 14.2. The molecule has 194 valence electrons. The molecule has 4 aromatic rings. The Labute approximate surface area is 223 Å². The highest BCUT2D eigenvalue weighted by atomic mass is 19.2. The molecule has 2 aromatic carbocycles. The van der Waals surface area contributed by atoms with Crippen LogP contribution in [-0.2, 0) is 13.0 Å². The minimum absolute atomic E-state index is 0.0302. The van der Waals surface area contributed by atoms with Crippen molar-refractivity contribution >= 4 is 17.8 Å². The summed E-state index contributed by atoms with van der Waals surface area (Å²) in [5.41, 5.74) is 3.90. The first-order valence-corrected chi connectivity index (χ1v) is 12.5. The molecule has 0 N–H and O–H groups in total. The summed E-state index contributed by atoms with van der Waals surface area (Å²) in [7, 11) is 0. The normalized spacial score (nSPS) is 16.6. The third-order valence-corrected chi connectivity index (χ3v) is 6.48. The maximum Gasteiger partial charge on any atom is 0.169 e. The molecule has 7 nitrogen and oxygen atoms in total. The van der Waals surface area contributed by atoms with Gasteiger partial charge in [0.25, 0.3) is 0 Å². The molecule has 0 saturated heterocycles. The van der Waals surface area contributed by atoms with E-state index in [4.69, 9.17) is 9.26 Å². The lowest BCUT2D eigenvalue weighted by atomic mass is 9.97. The van der Waals surface area contributed by atoms with Gasteiger partial charge in [-0.3, -0.25) is 9.98 Å². The molecule has 0 bridgehead atoms. The topological polar surface area (TPSA) is 85.2 Å². The van der Waals surface area contributed by atoms with E-state index < -0.39 is 11.6 Å². The molecule has 2 aromatic heterocycles. The second-order valence-corrected chi connectivity index (χ2v) is 9.27. The molecule has 2 aliphatic heterocycles. The summed E-state index contributed by atoms with van der Waals surface area (Å²) in [4.78, 5) is 17.3. The molecular formula is C30H23F2N5O2. The van der Waals surface area contributed by atoms with Crippen molar-refractivity contribution in [3.63, 3.8) is 0 Å². The van der Waals surface area contributed by atoms with Gasteiger partial charge in [0.15, 0.2) is 17.5 Å². The number of fused-ring (bicyclic) bond motifs is 1. The number of amidine groups is 1. The van der Waals surface area contributed by atoms with Crippen molar-refractivity contribution in [1.82, 2.24) is 10.1 Å². The van der Waals surface area contributed by atoms with E-state index in [0.29, 0.717) is 37.4 Å². The number of hydrogen-bond donors (Lipinski definition) is 0. The van der Waals surface area contributed by atoms with Crippen molar-refractivity contribution in [2.45, 2.75) is 19.4 Å². The van der Waals surface area contributed by atoms with Crippen LogP contribution in [0.3, 0.4) is 0 Å². The summed E-state index contributed by atoms with van der Waals surface area (Å²) < 4.78 is 39.4. The van der Waals surface area contributed by atoms with Crippen LogP contribution in [0.2, 0.25) is 0 Å². The fraction of sp³-hybridized carbons (Fsp3) is 0.167. The Bertz CT molecular complexity index is 1610. The Hall–Kier alpha value is -4.79. The van der Waals surface area contributed by atoms with E-state index in [1.807, 2.05) is 48.5 Å². The van der Waals surface area contributed by atoms with Gasteiger partial charge in [-0.2, -0.15) is 0 Å². The molecule has 0 fully saturated rings. The van der Waals surface area contributed by atoms with E-state index >= 15 is 0 Å². The van der Waals surface area contributed by atoms with E-state index in [0.717, 1.165) is 34.4 Å². The van der Waals surface area contributed by atoms with E-state index in [2.05, 4.69) is 25.1 Å².